The smallest absolute Gasteiger partial charge is 0.391 e. The molecule has 0 aromatic heterocycles. The lowest BCUT2D eigenvalue weighted by atomic mass is 9.82. The Hall–Kier alpha value is -0.630. The minimum absolute atomic E-state index is 0.0784. The Kier molecular flexibility index (Phi) is 5.58. The first-order valence-corrected chi connectivity index (χ1v) is 7.51. The van der Waals surface area contributed by atoms with Gasteiger partial charge in [-0.3, -0.25) is 0 Å². The fourth-order valence-electron chi connectivity index (χ4n) is 2.17. The zero-order chi connectivity index (χ0) is 13.8. The maximum Gasteiger partial charge on any atom is 0.391 e. The molecule has 0 aliphatic carbocycles. The summed E-state index contributed by atoms with van der Waals surface area (Å²) < 4.78 is 5.17. The summed E-state index contributed by atoms with van der Waals surface area (Å²) in [5.74, 6) is 0.590. The fourth-order valence-corrected chi connectivity index (χ4v) is 2.50. The second kappa shape index (κ2) is 6.51. The molecular formula is C14H23O3P. The lowest BCUT2D eigenvalue weighted by Crippen LogP contribution is -2.16. The summed E-state index contributed by atoms with van der Waals surface area (Å²) in [6, 6.07) is 5.81. The molecule has 2 N–H and O–H groups in total. The highest BCUT2D eigenvalue weighted by atomic mass is 31.2. The lowest BCUT2D eigenvalue weighted by Gasteiger charge is -2.26. The maximum absolute atomic E-state index is 9.06. The monoisotopic (exact) mass is 270 g/mol. The molecule has 0 unspecified atom stereocenters. The van der Waals surface area contributed by atoms with Gasteiger partial charge in [0.2, 0.25) is 0 Å². The van der Waals surface area contributed by atoms with Crippen LogP contribution >= 0.6 is 8.60 Å². The van der Waals surface area contributed by atoms with E-state index in [9.17, 15) is 0 Å². The highest BCUT2D eigenvalue weighted by Crippen LogP contribution is 2.39. The molecule has 0 aliphatic rings. The molecule has 0 spiro atoms. The van der Waals surface area contributed by atoms with Crippen molar-refractivity contribution in [2.45, 2.75) is 52.4 Å². The van der Waals surface area contributed by atoms with Crippen LogP contribution in [-0.4, -0.2) is 9.79 Å². The molecule has 1 rings (SSSR count). The standard InChI is InChI=1S/C14H23O3P/c1-5-6-8-11-9-7-10-12(17-18(15)16)13(11)14(2,3)4/h7,9-10,15-16H,5-6,8H2,1-4H3. The molecule has 0 saturated carbocycles. The number of aryl methyl sites for hydroxylation is 1. The van der Waals surface area contributed by atoms with Crippen LogP contribution in [0.1, 0.15) is 51.7 Å². The molecule has 1 aromatic carbocycles. The van der Waals surface area contributed by atoms with Gasteiger partial charge in [0.05, 0.1) is 0 Å². The predicted molar refractivity (Wildman–Crippen MR) is 75.7 cm³/mol. The topological polar surface area (TPSA) is 49.7 Å². The molecule has 0 heterocycles. The lowest BCUT2D eigenvalue weighted by molar-refractivity contribution is 0.369. The Balaban J connectivity index is 3.17. The van der Waals surface area contributed by atoms with E-state index >= 15 is 0 Å². The first-order chi connectivity index (χ1) is 8.36. The summed E-state index contributed by atoms with van der Waals surface area (Å²) in [6.45, 7) is 8.50. The molecule has 18 heavy (non-hydrogen) atoms. The normalized spacial score (nSPS) is 11.9. The van der Waals surface area contributed by atoms with Crippen molar-refractivity contribution in [2.75, 3.05) is 0 Å². The van der Waals surface area contributed by atoms with Crippen LogP contribution in [0, 0.1) is 0 Å². The number of benzene rings is 1. The van der Waals surface area contributed by atoms with Crippen LogP contribution in [0.25, 0.3) is 0 Å². The summed E-state index contributed by atoms with van der Waals surface area (Å²) in [6.07, 6.45) is 3.26. The summed E-state index contributed by atoms with van der Waals surface area (Å²) in [5.41, 5.74) is 2.23. The molecule has 0 bridgehead atoms. The van der Waals surface area contributed by atoms with Crippen molar-refractivity contribution < 1.29 is 14.3 Å². The third-order valence-electron chi connectivity index (χ3n) is 2.84. The molecule has 0 atom stereocenters. The SMILES string of the molecule is CCCCc1cccc(OP(O)O)c1C(C)(C)C. The van der Waals surface area contributed by atoms with Gasteiger partial charge >= 0.3 is 8.60 Å². The molecule has 1 aromatic rings. The van der Waals surface area contributed by atoms with Crippen LogP contribution in [0.3, 0.4) is 0 Å². The maximum atomic E-state index is 9.06. The molecule has 0 fully saturated rings. The zero-order valence-electron chi connectivity index (χ0n) is 11.6. The van der Waals surface area contributed by atoms with Gasteiger partial charge in [0.15, 0.2) is 0 Å². The Morgan fingerprint density at radius 1 is 1.22 bits per heavy atom. The van der Waals surface area contributed by atoms with Gasteiger partial charge in [0.1, 0.15) is 5.75 Å². The average molecular weight is 270 g/mol. The van der Waals surface area contributed by atoms with Gasteiger partial charge in [-0.05, 0) is 29.9 Å². The van der Waals surface area contributed by atoms with E-state index in [0.29, 0.717) is 5.75 Å². The molecule has 0 radical (unpaired) electrons. The average Bonchev–Trinajstić information content (AvgIpc) is 2.23. The second-order valence-electron chi connectivity index (χ2n) is 5.49. The van der Waals surface area contributed by atoms with Gasteiger partial charge in [-0.2, -0.15) is 0 Å². The Labute approximate surface area is 111 Å². The molecule has 0 saturated heterocycles. The van der Waals surface area contributed by atoms with Gasteiger partial charge < -0.3 is 14.3 Å². The summed E-state index contributed by atoms with van der Waals surface area (Å²) in [5, 5.41) is 0. The quantitative estimate of drug-likeness (QED) is 0.797. The number of hydrogen-bond donors (Lipinski definition) is 2. The summed E-state index contributed by atoms with van der Waals surface area (Å²) in [4.78, 5) is 18.1. The van der Waals surface area contributed by atoms with E-state index in [1.165, 1.54) is 5.56 Å². The van der Waals surface area contributed by atoms with Crippen LogP contribution in [0.2, 0.25) is 0 Å². The number of unbranched alkanes of at least 4 members (excludes halogenated alkanes) is 1. The Morgan fingerprint density at radius 2 is 1.89 bits per heavy atom. The van der Waals surface area contributed by atoms with Crippen molar-refractivity contribution in [3.8, 4) is 5.75 Å². The van der Waals surface area contributed by atoms with E-state index in [1.54, 1.807) is 6.07 Å². The molecule has 3 nitrogen and oxygen atoms in total. The van der Waals surface area contributed by atoms with Gasteiger partial charge in [0, 0.05) is 5.56 Å². The molecule has 102 valence electrons. The molecule has 0 amide bonds. The van der Waals surface area contributed by atoms with Gasteiger partial charge in [-0.25, -0.2) is 0 Å². The van der Waals surface area contributed by atoms with E-state index < -0.39 is 8.60 Å². The van der Waals surface area contributed by atoms with Crippen molar-refractivity contribution >= 4 is 8.60 Å². The summed E-state index contributed by atoms with van der Waals surface area (Å²) >= 11 is 0. The van der Waals surface area contributed by atoms with Crippen molar-refractivity contribution in [3.63, 3.8) is 0 Å². The first kappa shape index (κ1) is 15.4. The fraction of sp³-hybridized carbons (Fsp3) is 0.571. The van der Waals surface area contributed by atoms with Crippen molar-refractivity contribution in [1.29, 1.82) is 0 Å². The van der Waals surface area contributed by atoms with E-state index in [1.807, 2.05) is 6.07 Å². The van der Waals surface area contributed by atoms with Gasteiger partial charge in [-0.1, -0.05) is 46.2 Å². The third-order valence-corrected chi connectivity index (χ3v) is 3.20. The van der Waals surface area contributed by atoms with E-state index in [-0.39, 0.29) is 5.41 Å². The van der Waals surface area contributed by atoms with Crippen LogP contribution in [-0.2, 0) is 11.8 Å². The van der Waals surface area contributed by atoms with Crippen molar-refractivity contribution in [1.82, 2.24) is 0 Å². The first-order valence-electron chi connectivity index (χ1n) is 6.34. The van der Waals surface area contributed by atoms with Crippen molar-refractivity contribution in [3.05, 3.63) is 29.3 Å². The van der Waals surface area contributed by atoms with Gasteiger partial charge in [0.25, 0.3) is 0 Å². The number of rotatable bonds is 5. The number of hydrogen-bond acceptors (Lipinski definition) is 3. The Bertz CT molecular complexity index is 383. The minimum atomic E-state index is -2.37. The van der Waals surface area contributed by atoms with E-state index in [4.69, 9.17) is 14.3 Å². The van der Waals surface area contributed by atoms with Crippen molar-refractivity contribution in [2.24, 2.45) is 0 Å². The third kappa shape index (κ3) is 4.24. The highest BCUT2D eigenvalue weighted by Gasteiger charge is 2.23. The van der Waals surface area contributed by atoms with E-state index in [0.717, 1.165) is 24.8 Å². The second-order valence-corrected chi connectivity index (χ2v) is 6.18. The molecular weight excluding hydrogens is 247 g/mol. The summed E-state index contributed by atoms with van der Waals surface area (Å²) in [7, 11) is -2.37. The molecule has 0 aliphatic heterocycles. The van der Waals surface area contributed by atoms with E-state index in [2.05, 4.69) is 33.8 Å². The van der Waals surface area contributed by atoms with Crippen LogP contribution in [0.5, 0.6) is 5.75 Å². The zero-order valence-corrected chi connectivity index (χ0v) is 12.5. The van der Waals surface area contributed by atoms with Crippen LogP contribution in [0.15, 0.2) is 18.2 Å². The predicted octanol–water partition coefficient (Wildman–Crippen LogP) is 3.92. The van der Waals surface area contributed by atoms with Crippen LogP contribution < -0.4 is 4.52 Å². The largest absolute Gasteiger partial charge is 0.427 e. The van der Waals surface area contributed by atoms with Gasteiger partial charge in [-0.15, -0.1) is 0 Å². The Morgan fingerprint density at radius 3 is 2.39 bits per heavy atom. The minimum Gasteiger partial charge on any atom is -0.427 e. The highest BCUT2D eigenvalue weighted by molar-refractivity contribution is 7.39. The van der Waals surface area contributed by atoms with Crippen LogP contribution in [0.4, 0.5) is 0 Å². The molecule has 4 heteroatoms.